The largest absolute Gasteiger partial charge is 0.481 e. The Kier molecular flexibility index (Phi) is 4.65. The first-order chi connectivity index (χ1) is 9.59. The number of carbonyl (C=O) groups excluding carboxylic acids is 1. The molecule has 2 saturated heterocycles. The minimum atomic E-state index is -0.840. The molecule has 0 radical (unpaired) electrons. The highest BCUT2D eigenvalue weighted by Crippen LogP contribution is 2.45. The summed E-state index contributed by atoms with van der Waals surface area (Å²) < 4.78 is 10.3. The van der Waals surface area contributed by atoms with Crippen LogP contribution in [0.4, 0.5) is 4.79 Å². The van der Waals surface area contributed by atoms with Gasteiger partial charge in [0.25, 0.3) is 0 Å². The summed E-state index contributed by atoms with van der Waals surface area (Å²) in [6.07, 6.45) is 3.23. The lowest BCUT2D eigenvalue weighted by Crippen LogP contribution is -2.54. The van der Waals surface area contributed by atoms with Crippen LogP contribution in [0.5, 0.6) is 0 Å². The molecule has 1 amide bonds. The SMILES string of the molecule is C=CCOC(=O)N1CCC2(CCOCC2)C(C(=O)O)C1. The van der Waals surface area contributed by atoms with Crippen LogP contribution in [0.2, 0.25) is 0 Å². The van der Waals surface area contributed by atoms with Crippen molar-refractivity contribution in [1.29, 1.82) is 0 Å². The fourth-order valence-electron chi connectivity index (χ4n) is 3.14. The number of hydrogen-bond acceptors (Lipinski definition) is 4. The average molecular weight is 283 g/mol. The third-order valence-electron chi connectivity index (χ3n) is 4.39. The summed E-state index contributed by atoms with van der Waals surface area (Å²) in [4.78, 5) is 24.9. The maximum Gasteiger partial charge on any atom is 0.410 e. The second-order valence-electron chi connectivity index (χ2n) is 5.43. The molecule has 1 unspecified atom stereocenters. The molecule has 0 aromatic rings. The van der Waals surface area contributed by atoms with E-state index in [0.717, 1.165) is 12.8 Å². The van der Waals surface area contributed by atoms with Crippen molar-refractivity contribution in [1.82, 2.24) is 4.90 Å². The maximum absolute atomic E-state index is 11.8. The summed E-state index contributed by atoms with van der Waals surface area (Å²) in [6, 6.07) is 0. The fraction of sp³-hybridized carbons (Fsp3) is 0.714. The van der Waals surface area contributed by atoms with Crippen LogP contribution in [0.25, 0.3) is 0 Å². The van der Waals surface area contributed by atoms with E-state index >= 15 is 0 Å². The van der Waals surface area contributed by atoms with Crippen LogP contribution in [-0.4, -0.2) is 55.0 Å². The van der Waals surface area contributed by atoms with Crippen molar-refractivity contribution in [2.75, 3.05) is 32.9 Å². The topological polar surface area (TPSA) is 76.1 Å². The van der Waals surface area contributed by atoms with Crippen molar-refractivity contribution in [3.63, 3.8) is 0 Å². The van der Waals surface area contributed by atoms with Gasteiger partial charge in [-0.25, -0.2) is 4.79 Å². The van der Waals surface area contributed by atoms with Gasteiger partial charge >= 0.3 is 12.1 Å². The smallest absolute Gasteiger partial charge is 0.410 e. The molecule has 0 saturated carbocycles. The number of carbonyl (C=O) groups is 2. The Bertz CT molecular complexity index is 389. The highest BCUT2D eigenvalue weighted by molar-refractivity contribution is 5.74. The van der Waals surface area contributed by atoms with E-state index in [-0.39, 0.29) is 18.6 Å². The molecule has 0 aromatic carbocycles. The lowest BCUT2D eigenvalue weighted by atomic mass is 9.65. The van der Waals surface area contributed by atoms with Gasteiger partial charge in [0, 0.05) is 26.3 Å². The number of amides is 1. The zero-order valence-corrected chi connectivity index (χ0v) is 11.5. The lowest BCUT2D eigenvalue weighted by Gasteiger charge is -2.47. The Balaban J connectivity index is 2.05. The molecule has 0 aliphatic carbocycles. The summed E-state index contributed by atoms with van der Waals surface area (Å²) >= 11 is 0. The highest BCUT2D eigenvalue weighted by Gasteiger charge is 2.48. The van der Waals surface area contributed by atoms with Gasteiger partial charge in [-0.2, -0.15) is 0 Å². The van der Waals surface area contributed by atoms with E-state index in [1.54, 1.807) is 0 Å². The second-order valence-corrected chi connectivity index (χ2v) is 5.43. The molecule has 0 bridgehead atoms. The number of piperidine rings is 1. The van der Waals surface area contributed by atoms with E-state index in [1.807, 2.05) is 0 Å². The minimum Gasteiger partial charge on any atom is -0.481 e. The molecule has 2 heterocycles. The Labute approximate surface area is 118 Å². The second kappa shape index (κ2) is 6.26. The monoisotopic (exact) mass is 283 g/mol. The van der Waals surface area contributed by atoms with Gasteiger partial charge in [0.15, 0.2) is 0 Å². The number of ether oxygens (including phenoxy) is 2. The molecule has 1 atom stereocenters. The van der Waals surface area contributed by atoms with Gasteiger partial charge in [0.05, 0.1) is 5.92 Å². The Morgan fingerprint density at radius 3 is 2.70 bits per heavy atom. The van der Waals surface area contributed by atoms with Crippen LogP contribution in [0, 0.1) is 11.3 Å². The maximum atomic E-state index is 11.8. The van der Waals surface area contributed by atoms with Crippen molar-refractivity contribution >= 4 is 12.1 Å². The molecular weight excluding hydrogens is 262 g/mol. The van der Waals surface area contributed by atoms with Crippen molar-refractivity contribution in [2.24, 2.45) is 11.3 Å². The standard InChI is InChI=1S/C14H21NO5/c1-2-7-20-13(18)15-6-3-14(4-8-19-9-5-14)11(10-15)12(16)17/h2,11H,1,3-10H2,(H,16,17). The molecule has 2 rings (SSSR count). The Hall–Kier alpha value is -1.56. The highest BCUT2D eigenvalue weighted by atomic mass is 16.6. The molecule has 2 fully saturated rings. The molecule has 20 heavy (non-hydrogen) atoms. The van der Waals surface area contributed by atoms with Crippen LogP contribution in [0.3, 0.4) is 0 Å². The van der Waals surface area contributed by atoms with Crippen molar-refractivity contribution < 1.29 is 24.2 Å². The van der Waals surface area contributed by atoms with Crippen molar-refractivity contribution in [2.45, 2.75) is 19.3 Å². The third-order valence-corrected chi connectivity index (χ3v) is 4.39. The summed E-state index contributed by atoms with van der Waals surface area (Å²) in [7, 11) is 0. The van der Waals surface area contributed by atoms with Crippen LogP contribution in [-0.2, 0) is 14.3 Å². The number of rotatable bonds is 3. The van der Waals surface area contributed by atoms with E-state index < -0.39 is 18.0 Å². The Morgan fingerprint density at radius 2 is 2.10 bits per heavy atom. The van der Waals surface area contributed by atoms with E-state index in [9.17, 15) is 14.7 Å². The van der Waals surface area contributed by atoms with Gasteiger partial charge in [-0.05, 0) is 24.7 Å². The molecule has 2 aliphatic rings. The quantitative estimate of drug-likeness (QED) is 0.795. The number of aliphatic carboxylic acids is 1. The fourth-order valence-corrected chi connectivity index (χ4v) is 3.14. The number of likely N-dealkylation sites (tertiary alicyclic amines) is 1. The molecular formula is C14H21NO5. The van der Waals surface area contributed by atoms with E-state index in [2.05, 4.69) is 6.58 Å². The molecule has 6 heteroatoms. The first-order valence-electron chi connectivity index (χ1n) is 6.92. The van der Waals surface area contributed by atoms with Gasteiger partial charge < -0.3 is 19.5 Å². The molecule has 1 spiro atoms. The molecule has 1 N–H and O–H groups in total. The van der Waals surface area contributed by atoms with Crippen LogP contribution in [0.1, 0.15) is 19.3 Å². The van der Waals surface area contributed by atoms with Gasteiger partial charge in [-0.1, -0.05) is 12.7 Å². The number of carboxylic acids is 1. The molecule has 112 valence electrons. The first-order valence-corrected chi connectivity index (χ1v) is 6.92. The van der Waals surface area contributed by atoms with E-state index in [0.29, 0.717) is 26.2 Å². The minimum absolute atomic E-state index is 0.145. The van der Waals surface area contributed by atoms with Gasteiger partial charge in [-0.15, -0.1) is 0 Å². The van der Waals surface area contributed by atoms with Crippen molar-refractivity contribution in [3.05, 3.63) is 12.7 Å². The zero-order chi connectivity index (χ0) is 14.6. The molecule has 2 aliphatic heterocycles. The first kappa shape index (κ1) is 14.8. The average Bonchev–Trinajstić information content (AvgIpc) is 2.45. The summed E-state index contributed by atoms with van der Waals surface area (Å²) in [6.45, 7) is 5.59. The van der Waals surface area contributed by atoms with E-state index in [1.165, 1.54) is 11.0 Å². The third kappa shape index (κ3) is 2.95. The lowest BCUT2D eigenvalue weighted by molar-refractivity contribution is -0.154. The molecule has 0 aromatic heterocycles. The Morgan fingerprint density at radius 1 is 1.40 bits per heavy atom. The van der Waals surface area contributed by atoms with Gasteiger partial charge in [0.2, 0.25) is 0 Å². The summed E-state index contributed by atoms with van der Waals surface area (Å²) in [5.74, 6) is -1.38. The summed E-state index contributed by atoms with van der Waals surface area (Å²) in [5, 5.41) is 9.50. The van der Waals surface area contributed by atoms with Gasteiger partial charge in [0.1, 0.15) is 6.61 Å². The number of hydrogen-bond donors (Lipinski definition) is 1. The van der Waals surface area contributed by atoms with Crippen LogP contribution in [0.15, 0.2) is 12.7 Å². The van der Waals surface area contributed by atoms with Crippen LogP contribution < -0.4 is 0 Å². The predicted octanol–water partition coefficient (Wildman–Crippen LogP) is 1.51. The van der Waals surface area contributed by atoms with E-state index in [4.69, 9.17) is 9.47 Å². The van der Waals surface area contributed by atoms with Crippen LogP contribution >= 0.6 is 0 Å². The number of carboxylic acid groups (broad SMARTS) is 1. The number of nitrogens with zero attached hydrogens (tertiary/aromatic N) is 1. The predicted molar refractivity (Wildman–Crippen MR) is 71.3 cm³/mol. The normalized spacial score (nSPS) is 25.2. The molecule has 6 nitrogen and oxygen atoms in total. The zero-order valence-electron chi connectivity index (χ0n) is 11.5. The van der Waals surface area contributed by atoms with Crippen molar-refractivity contribution in [3.8, 4) is 0 Å². The summed E-state index contributed by atoms with van der Waals surface area (Å²) in [5.41, 5.74) is -0.237. The van der Waals surface area contributed by atoms with Gasteiger partial charge in [-0.3, -0.25) is 4.79 Å².